The highest BCUT2D eigenvalue weighted by molar-refractivity contribution is 6.01. The van der Waals surface area contributed by atoms with Crippen molar-refractivity contribution in [3.8, 4) is 5.75 Å². The largest absolute Gasteiger partial charge is 0.491 e. The Bertz CT molecular complexity index is 994. The molecular formula is C28H43N5O6. The topological polar surface area (TPSA) is 121 Å². The molecule has 0 aliphatic carbocycles. The summed E-state index contributed by atoms with van der Waals surface area (Å²) in [6.07, 6.45) is 0.185. The Hall–Kier alpha value is -3.18. The van der Waals surface area contributed by atoms with Crippen LogP contribution in [0.5, 0.6) is 5.75 Å². The molecule has 3 rings (SSSR count). The predicted octanol–water partition coefficient (Wildman–Crippen LogP) is 0.738. The minimum Gasteiger partial charge on any atom is -0.491 e. The van der Waals surface area contributed by atoms with Gasteiger partial charge in [-0.25, -0.2) is 0 Å². The summed E-state index contributed by atoms with van der Waals surface area (Å²) in [7, 11) is 1.66. The minimum absolute atomic E-state index is 0.159. The molecule has 0 radical (unpaired) electrons. The van der Waals surface area contributed by atoms with E-state index < -0.39 is 23.9 Å². The number of rotatable bonds is 7. The fourth-order valence-electron chi connectivity index (χ4n) is 4.89. The van der Waals surface area contributed by atoms with E-state index in [9.17, 15) is 19.2 Å². The quantitative estimate of drug-likeness (QED) is 0.519. The summed E-state index contributed by atoms with van der Waals surface area (Å²) in [6.45, 7) is 10.5. The van der Waals surface area contributed by atoms with E-state index in [4.69, 9.17) is 9.47 Å². The summed E-state index contributed by atoms with van der Waals surface area (Å²) in [5.41, 5.74) is 0.268. The first-order valence-electron chi connectivity index (χ1n) is 13.8. The van der Waals surface area contributed by atoms with Gasteiger partial charge in [-0.2, -0.15) is 0 Å². The van der Waals surface area contributed by atoms with E-state index in [0.29, 0.717) is 58.0 Å². The van der Waals surface area contributed by atoms with Gasteiger partial charge in [-0.05, 0) is 31.4 Å². The van der Waals surface area contributed by atoms with E-state index in [1.54, 1.807) is 41.2 Å². The van der Waals surface area contributed by atoms with Crippen LogP contribution in [0.25, 0.3) is 0 Å². The Morgan fingerprint density at radius 2 is 1.79 bits per heavy atom. The molecular weight excluding hydrogens is 502 g/mol. The van der Waals surface area contributed by atoms with Crippen molar-refractivity contribution in [3.05, 3.63) is 29.8 Å². The number of piperazine rings is 1. The number of hydrogen-bond donors (Lipinski definition) is 2. The van der Waals surface area contributed by atoms with Crippen molar-refractivity contribution < 1.29 is 28.7 Å². The third kappa shape index (κ3) is 8.66. The molecule has 216 valence electrons. The molecule has 0 spiro atoms. The first-order valence-corrected chi connectivity index (χ1v) is 13.8. The first-order chi connectivity index (χ1) is 18.7. The Kier molecular flexibility index (Phi) is 11.5. The lowest BCUT2D eigenvalue weighted by Crippen LogP contribution is -2.57. The zero-order valence-corrected chi connectivity index (χ0v) is 23.6. The van der Waals surface area contributed by atoms with Crippen LogP contribution < -0.4 is 15.4 Å². The van der Waals surface area contributed by atoms with E-state index in [-0.39, 0.29) is 36.3 Å². The number of benzene rings is 1. The maximum atomic E-state index is 13.6. The molecule has 2 N–H and O–H groups in total. The van der Waals surface area contributed by atoms with Gasteiger partial charge in [0.2, 0.25) is 17.7 Å². The molecule has 0 aromatic heterocycles. The number of para-hydroxylation sites is 1. The number of likely N-dealkylation sites (N-methyl/N-ethyl adjacent to an activating group) is 1. The molecule has 1 saturated heterocycles. The van der Waals surface area contributed by atoms with Gasteiger partial charge in [0.05, 0.1) is 25.1 Å². The molecule has 1 aromatic rings. The van der Waals surface area contributed by atoms with Crippen LogP contribution in [0.2, 0.25) is 0 Å². The van der Waals surface area contributed by atoms with Gasteiger partial charge in [0.25, 0.3) is 5.91 Å². The van der Waals surface area contributed by atoms with Gasteiger partial charge in [0.15, 0.2) is 0 Å². The van der Waals surface area contributed by atoms with Crippen LogP contribution in [0, 0.1) is 5.92 Å². The molecule has 2 aliphatic heterocycles. The van der Waals surface area contributed by atoms with E-state index in [2.05, 4.69) is 15.5 Å². The third-order valence-electron chi connectivity index (χ3n) is 7.07. The first kappa shape index (κ1) is 30.4. The summed E-state index contributed by atoms with van der Waals surface area (Å²) in [6, 6.07) is 4.96. The second-order valence-corrected chi connectivity index (χ2v) is 10.4. The number of fused-ring (bicyclic) bond motifs is 1. The van der Waals surface area contributed by atoms with Crippen molar-refractivity contribution in [1.29, 1.82) is 0 Å². The zero-order chi connectivity index (χ0) is 28.4. The second-order valence-electron chi connectivity index (χ2n) is 10.4. The number of amides is 4. The monoisotopic (exact) mass is 545 g/mol. The Morgan fingerprint density at radius 3 is 2.46 bits per heavy atom. The van der Waals surface area contributed by atoms with Crippen LogP contribution >= 0.6 is 0 Å². The highest BCUT2D eigenvalue weighted by Gasteiger charge is 2.33. The van der Waals surface area contributed by atoms with Gasteiger partial charge in [-0.15, -0.1) is 0 Å². The fraction of sp³-hybridized carbons (Fsp3) is 0.643. The Balaban J connectivity index is 1.86. The summed E-state index contributed by atoms with van der Waals surface area (Å²) in [5.74, 6) is -0.938. The van der Waals surface area contributed by atoms with Crippen LogP contribution in [0.3, 0.4) is 0 Å². The average molecular weight is 546 g/mol. The number of carbonyl (C=O) groups is 4. The van der Waals surface area contributed by atoms with E-state index in [1.165, 1.54) is 0 Å². The molecule has 0 unspecified atom stereocenters. The molecule has 2 aliphatic rings. The number of carbonyl (C=O) groups excluding carboxylic acids is 4. The second kappa shape index (κ2) is 14.8. The fourth-order valence-corrected chi connectivity index (χ4v) is 4.89. The van der Waals surface area contributed by atoms with E-state index >= 15 is 0 Å². The molecule has 11 nitrogen and oxygen atoms in total. The average Bonchev–Trinajstić information content (AvgIpc) is 2.92. The van der Waals surface area contributed by atoms with Crippen molar-refractivity contribution in [3.63, 3.8) is 0 Å². The summed E-state index contributed by atoms with van der Waals surface area (Å²) in [5, 5.41) is 5.64. The number of ether oxygens (including phenoxy) is 2. The van der Waals surface area contributed by atoms with Gasteiger partial charge in [0.1, 0.15) is 24.4 Å². The van der Waals surface area contributed by atoms with E-state index in [1.807, 2.05) is 20.8 Å². The van der Waals surface area contributed by atoms with Gasteiger partial charge in [-0.1, -0.05) is 26.0 Å². The highest BCUT2D eigenvalue weighted by Crippen LogP contribution is 2.19. The van der Waals surface area contributed by atoms with Crippen LogP contribution in [-0.2, 0) is 19.1 Å². The maximum absolute atomic E-state index is 13.6. The van der Waals surface area contributed by atoms with Gasteiger partial charge in [0, 0.05) is 46.4 Å². The van der Waals surface area contributed by atoms with Crippen LogP contribution in [0.4, 0.5) is 0 Å². The molecule has 1 aromatic carbocycles. The van der Waals surface area contributed by atoms with Crippen molar-refractivity contribution in [2.24, 2.45) is 5.92 Å². The summed E-state index contributed by atoms with van der Waals surface area (Å²) in [4.78, 5) is 59.2. The molecule has 2 atom stereocenters. The lowest BCUT2D eigenvalue weighted by Gasteiger charge is -2.36. The molecule has 2 heterocycles. The van der Waals surface area contributed by atoms with Crippen LogP contribution in [0.1, 0.15) is 44.0 Å². The number of methoxy groups -OCH3 is 1. The van der Waals surface area contributed by atoms with Crippen LogP contribution in [-0.4, -0.2) is 117 Å². The molecule has 0 saturated carbocycles. The maximum Gasteiger partial charge on any atom is 0.255 e. The number of hydrogen-bond acceptors (Lipinski definition) is 7. The molecule has 11 heteroatoms. The van der Waals surface area contributed by atoms with Gasteiger partial charge in [-0.3, -0.25) is 24.1 Å². The summed E-state index contributed by atoms with van der Waals surface area (Å²) < 4.78 is 11.1. The SMILES string of the molecule is CCN1CCOc2ccccc2C(=O)N[C@H](C(=O)N2CCN(CCOC)CC2)CC(=O)N[C@@H](CC(C)C)C1=O. The highest BCUT2D eigenvalue weighted by atomic mass is 16.5. The standard InChI is InChI=1S/C28H43N5O6/c1-5-32-15-17-39-24-9-7-6-8-21(24)26(35)30-23(19-25(34)29-22(27(32)36)18-20(2)3)28(37)33-12-10-31(11-13-33)14-16-38-4/h6-9,20,22-23H,5,10-19H2,1-4H3,(H,29,34)(H,30,35)/t22-,23-/m0/s1. The third-order valence-corrected chi connectivity index (χ3v) is 7.07. The smallest absolute Gasteiger partial charge is 0.255 e. The zero-order valence-electron chi connectivity index (χ0n) is 23.6. The number of nitrogens with zero attached hydrogens (tertiary/aromatic N) is 3. The normalized spacial score (nSPS) is 22.0. The predicted molar refractivity (Wildman–Crippen MR) is 146 cm³/mol. The Morgan fingerprint density at radius 1 is 1.08 bits per heavy atom. The molecule has 4 amide bonds. The lowest BCUT2D eigenvalue weighted by atomic mass is 10.0. The van der Waals surface area contributed by atoms with Crippen LogP contribution in [0.15, 0.2) is 24.3 Å². The lowest BCUT2D eigenvalue weighted by molar-refractivity contribution is -0.139. The van der Waals surface area contributed by atoms with Crippen molar-refractivity contribution >= 4 is 23.6 Å². The van der Waals surface area contributed by atoms with Gasteiger partial charge >= 0.3 is 0 Å². The molecule has 39 heavy (non-hydrogen) atoms. The number of nitrogens with one attached hydrogen (secondary N) is 2. The molecule has 1 fully saturated rings. The summed E-state index contributed by atoms with van der Waals surface area (Å²) >= 11 is 0. The van der Waals surface area contributed by atoms with Gasteiger partial charge < -0.3 is 29.9 Å². The minimum atomic E-state index is -1.09. The molecule has 0 bridgehead atoms. The van der Waals surface area contributed by atoms with E-state index in [0.717, 1.165) is 6.54 Å². The van der Waals surface area contributed by atoms with Crippen molar-refractivity contribution in [2.75, 3.05) is 66.1 Å². The van der Waals surface area contributed by atoms with Crippen molar-refractivity contribution in [2.45, 2.75) is 45.7 Å². The van der Waals surface area contributed by atoms with Crippen molar-refractivity contribution in [1.82, 2.24) is 25.3 Å². The Labute approximate surface area is 231 Å².